The van der Waals surface area contributed by atoms with Crippen LogP contribution < -0.4 is 15.8 Å². The number of hydrogen-bond acceptors (Lipinski definition) is 6. The standard InChI is InChI=1S/C18H16F2N2O5S/c19-10-5-3-6-11(20)14(10)15(24)13-9-4-1-2-7-26-17(9)28-16(13)22-12(23)8-27-18(21)25/h3,5-6H,1-2,4,7-8H2,(H2,21,25)(H,22,23). The lowest BCUT2D eigenvalue weighted by Gasteiger charge is -2.09. The molecule has 1 aromatic heterocycles. The van der Waals surface area contributed by atoms with Gasteiger partial charge < -0.3 is 20.5 Å². The number of nitrogens with two attached hydrogens (primary N) is 1. The number of hydrogen-bond donors (Lipinski definition) is 2. The lowest BCUT2D eigenvalue weighted by Crippen LogP contribution is -2.24. The zero-order valence-electron chi connectivity index (χ0n) is 14.6. The van der Waals surface area contributed by atoms with Gasteiger partial charge in [0.1, 0.15) is 16.6 Å². The zero-order valence-corrected chi connectivity index (χ0v) is 15.4. The van der Waals surface area contributed by atoms with E-state index in [9.17, 15) is 23.2 Å². The second kappa shape index (κ2) is 8.34. The van der Waals surface area contributed by atoms with Crippen molar-refractivity contribution in [3.8, 4) is 5.06 Å². The largest absolute Gasteiger partial charge is 0.484 e. The summed E-state index contributed by atoms with van der Waals surface area (Å²) >= 11 is 0.981. The summed E-state index contributed by atoms with van der Waals surface area (Å²) in [5.41, 5.74) is 4.57. The molecule has 0 saturated carbocycles. The number of carbonyl (C=O) groups excluding carboxylic acids is 3. The van der Waals surface area contributed by atoms with Gasteiger partial charge in [-0.3, -0.25) is 9.59 Å². The molecule has 1 aliphatic rings. The van der Waals surface area contributed by atoms with E-state index in [1.807, 2.05) is 0 Å². The van der Waals surface area contributed by atoms with Crippen LogP contribution >= 0.6 is 11.3 Å². The fourth-order valence-corrected chi connectivity index (χ4v) is 3.96. The maximum atomic E-state index is 14.2. The van der Waals surface area contributed by atoms with Gasteiger partial charge in [0.25, 0.3) is 5.91 Å². The summed E-state index contributed by atoms with van der Waals surface area (Å²) in [5.74, 6) is -3.66. The van der Waals surface area contributed by atoms with Crippen LogP contribution in [0.4, 0.5) is 18.6 Å². The molecule has 0 aliphatic carbocycles. The van der Waals surface area contributed by atoms with Crippen molar-refractivity contribution in [2.45, 2.75) is 19.3 Å². The fourth-order valence-electron chi connectivity index (χ4n) is 2.82. The number of rotatable bonds is 5. The Morgan fingerprint density at radius 2 is 1.89 bits per heavy atom. The van der Waals surface area contributed by atoms with E-state index in [0.29, 0.717) is 30.1 Å². The quantitative estimate of drug-likeness (QED) is 0.737. The first-order valence-corrected chi connectivity index (χ1v) is 9.19. The van der Waals surface area contributed by atoms with Gasteiger partial charge in [-0.05, 0) is 31.4 Å². The highest BCUT2D eigenvalue weighted by Gasteiger charge is 2.30. The van der Waals surface area contributed by atoms with Gasteiger partial charge >= 0.3 is 6.09 Å². The molecular weight excluding hydrogens is 394 g/mol. The Bertz CT molecular complexity index is 924. The molecule has 28 heavy (non-hydrogen) atoms. The zero-order chi connectivity index (χ0) is 20.3. The molecule has 3 N–H and O–H groups in total. The summed E-state index contributed by atoms with van der Waals surface area (Å²) < 4.78 is 38.4. The normalized spacial score (nSPS) is 13.1. The topological polar surface area (TPSA) is 108 Å². The molecule has 0 saturated heterocycles. The van der Waals surface area contributed by atoms with E-state index >= 15 is 0 Å². The maximum absolute atomic E-state index is 14.2. The summed E-state index contributed by atoms with van der Waals surface area (Å²) in [7, 11) is 0. The van der Waals surface area contributed by atoms with E-state index in [0.717, 1.165) is 36.0 Å². The van der Waals surface area contributed by atoms with Crippen LogP contribution in [0.25, 0.3) is 0 Å². The van der Waals surface area contributed by atoms with E-state index in [2.05, 4.69) is 10.1 Å². The van der Waals surface area contributed by atoms with Crippen molar-refractivity contribution in [3.05, 3.63) is 46.5 Å². The van der Waals surface area contributed by atoms with Crippen LogP contribution in [0.3, 0.4) is 0 Å². The van der Waals surface area contributed by atoms with Gasteiger partial charge in [0.15, 0.2) is 11.7 Å². The number of anilines is 1. The predicted octanol–water partition coefficient (Wildman–Crippen LogP) is 3.01. The third-order valence-corrected chi connectivity index (χ3v) is 5.10. The number of amides is 2. The van der Waals surface area contributed by atoms with Crippen LogP contribution in [0.15, 0.2) is 18.2 Å². The number of halogens is 2. The molecule has 3 rings (SSSR count). The maximum Gasteiger partial charge on any atom is 0.405 e. The van der Waals surface area contributed by atoms with Gasteiger partial charge in [-0.25, -0.2) is 13.6 Å². The van der Waals surface area contributed by atoms with Crippen LogP contribution in [0.1, 0.15) is 34.3 Å². The Morgan fingerprint density at radius 3 is 2.57 bits per heavy atom. The Balaban J connectivity index is 2.02. The minimum Gasteiger partial charge on any atom is -0.484 e. The number of nitrogens with one attached hydrogen (secondary N) is 1. The second-order valence-corrected chi connectivity index (χ2v) is 6.94. The molecule has 0 fully saturated rings. The average molecular weight is 410 g/mol. The van der Waals surface area contributed by atoms with Crippen LogP contribution in [0.5, 0.6) is 5.06 Å². The monoisotopic (exact) mass is 410 g/mol. The van der Waals surface area contributed by atoms with E-state index < -0.39 is 41.6 Å². The first-order valence-electron chi connectivity index (χ1n) is 8.37. The van der Waals surface area contributed by atoms with Gasteiger partial charge in [-0.2, -0.15) is 0 Å². The molecule has 10 heteroatoms. The summed E-state index contributed by atoms with van der Waals surface area (Å²) in [5, 5.41) is 2.91. The van der Waals surface area contributed by atoms with Crippen molar-refractivity contribution in [1.82, 2.24) is 0 Å². The minimum absolute atomic E-state index is 0.0293. The molecule has 0 atom stereocenters. The molecule has 1 aromatic carbocycles. The minimum atomic E-state index is -1.13. The molecule has 0 unspecified atom stereocenters. The third-order valence-electron chi connectivity index (χ3n) is 4.04. The highest BCUT2D eigenvalue weighted by atomic mass is 32.1. The number of ether oxygens (including phenoxy) is 2. The van der Waals surface area contributed by atoms with E-state index in [4.69, 9.17) is 10.5 Å². The number of thiophene rings is 1. The highest BCUT2D eigenvalue weighted by Crippen LogP contribution is 2.43. The molecule has 2 amide bonds. The van der Waals surface area contributed by atoms with E-state index in [1.54, 1.807) is 0 Å². The fraction of sp³-hybridized carbons (Fsp3) is 0.278. The van der Waals surface area contributed by atoms with Crippen molar-refractivity contribution in [2.24, 2.45) is 5.73 Å². The van der Waals surface area contributed by atoms with Gasteiger partial charge in [0.2, 0.25) is 5.78 Å². The molecule has 0 spiro atoms. The summed E-state index contributed by atoms with van der Waals surface area (Å²) in [4.78, 5) is 35.7. The van der Waals surface area contributed by atoms with Crippen LogP contribution in [0.2, 0.25) is 0 Å². The molecular formula is C18H16F2N2O5S. The van der Waals surface area contributed by atoms with Crippen LogP contribution in [0, 0.1) is 11.6 Å². The van der Waals surface area contributed by atoms with Gasteiger partial charge in [-0.15, -0.1) is 0 Å². The summed E-state index contributed by atoms with van der Waals surface area (Å²) in [6.45, 7) is -0.242. The number of benzene rings is 1. The van der Waals surface area contributed by atoms with Gasteiger partial charge in [0, 0.05) is 5.56 Å². The number of fused-ring (bicyclic) bond motifs is 1. The van der Waals surface area contributed by atoms with Crippen LogP contribution in [-0.4, -0.2) is 31.0 Å². The summed E-state index contributed by atoms with van der Waals surface area (Å²) in [6, 6.07) is 3.12. The Morgan fingerprint density at radius 1 is 1.18 bits per heavy atom. The highest BCUT2D eigenvalue weighted by molar-refractivity contribution is 7.18. The molecule has 2 heterocycles. The SMILES string of the molecule is NC(=O)OCC(=O)Nc1sc2c(c1C(=O)c1c(F)cccc1F)CCCCO2. The predicted molar refractivity (Wildman–Crippen MR) is 96.7 cm³/mol. The smallest absolute Gasteiger partial charge is 0.405 e. The lowest BCUT2D eigenvalue weighted by atomic mass is 9.97. The van der Waals surface area contributed by atoms with Crippen molar-refractivity contribution in [3.63, 3.8) is 0 Å². The molecule has 0 radical (unpaired) electrons. The second-order valence-electron chi connectivity index (χ2n) is 5.96. The Labute approximate surface area is 162 Å². The molecule has 0 bridgehead atoms. The van der Waals surface area contributed by atoms with E-state index in [1.165, 1.54) is 0 Å². The van der Waals surface area contributed by atoms with Crippen molar-refractivity contribution >= 4 is 34.1 Å². The molecule has 7 nitrogen and oxygen atoms in total. The first kappa shape index (κ1) is 19.7. The average Bonchev–Trinajstić information content (AvgIpc) is 2.80. The third kappa shape index (κ3) is 4.11. The summed E-state index contributed by atoms with van der Waals surface area (Å²) in [6.07, 6.45) is 0.792. The van der Waals surface area contributed by atoms with Crippen molar-refractivity contribution < 1.29 is 32.6 Å². The van der Waals surface area contributed by atoms with Crippen LogP contribution in [-0.2, 0) is 16.0 Å². The Kier molecular flexibility index (Phi) is 5.88. The number of ketones is 1. The van der Waals surface area contributed by atoms with Gasteiger partial charge in [0.05, 0.1) is 17.7 Å². The number of carbonyl (C=O) groups is 3. The van der Waals surface area contributed by atoms with Gasteiger partial charge in [-0.1, -0.05) is 17.4 Å². The van der Waals surface area contributed by atoms with Crippen molar-refractivity contribution in [2.75, 3.05) is 18.5 Å². The van der Waals surface area contributed by atoms with E-state index in [-0.39, 0.29) is 10.6 Å². The Hall–Kier alpha value is -3.01. The molecule has 2 aromatic rings. The lowest BCUT2D eigenvalue weighted by molar-refractivity contribution is -0.118. The molecule has 1 aliphatic heterocycles. The molecule has 148 valence electrons. The van der Waals surface area contributed by atoms with Crippen molar-refractivity contribution in [1.29, 1.82) is 0 Å². The first-order chi connectivity index (χ1) is 13.4. The number of primary amides is 1.